The highest BCUT2D eigenvalue weighted by Gasteiger charge is 2.11. The molecule has 0 spiro atoms. The summed E-state index contributed by atoms with van der Waals surface area (Å²) >= 11 is 0. The van der Waals surface area contributed by atoms with Gasteiger partial charge in [-0.25, -0.2) is 13.2 Å². The van der Waals surface area contributed by atoms with Gasteiger partial charge < -0.3 is 4.74 Å². The van der Waals surface area contributed by atoms with Crippen molar-refractivity contribution in [3.63, 3.8) is 0 Å². The van der Waals surface area contributed by atoms with Gasteiger partial charge in [0.1, 0.15) is 9.84 Å². The molecule has 1 aromatic heterocycles. The third kappa shape index (κ3) is 4.34. The van der Waals surface area contributed by atoms with Crippen molar-refractivity contribution < 1.29 is 17.9 Å². The molecule has 0 saturated heterocycles. The van der Waals surface area contributed by atoms with Crippen molar-refractivity contribution in [2.45, 2.75) is 27.1 Å². The molecule has 9 heteroatoms. The van der Waals surface area contributed by atoms with E-state index in [1.807, 2.05) is 0 Å². The number of hydrogen-bond acceptors (Lipinski definition) is 6. The van der Waals surface area contributed by atoms with Gasteiger partial charge in [0, 0.05) is 31.5 Å². The van der Waals surface area contributed by atoms with E-state index in [0.717, 1.165) is 15.4 Å². The average Bonchev–Trinajstić information content (AvgIpc) is 2.30. The van der Waals surface area contributed by atoms with E-state index in [2.05, 4.69) is 0 Å². The van der Waals surface area contributed by atoms with Crippen LogP contribution in [0.15, 0.2) is 15.8 Å². The zero-order chi connectivity index (χ0) is 15.5. The lowest BCUT2D eigenvalue weighted by Crippen LogP contribution is -2.42. The zero-order valence-corrected chi connectivity index (χ0v) is 12.3. The number of sulfone groups is 1. The SMILES string of the molecule is CC(=O)OCn1cc(C)c(=O)n(CCS(C)(=O)=O)c1=O. The van der Waals surface area contributed by atoms with Crippen LogP contribution in [0, 0.1) is 6.92 Å². The van der Waals surface area contributed by atoms with Gasteiger partial charge in [-0.1, -0.05) is 0 Å². The summed E-state index contributed by atoms with van der Waals surface area (Å²) in [5.74, 6) is -0.887. The Kier molecular flexibility index (Phi) is 4.88. The number of carbonyl (C=O) groups is 1. The van der Waals surface area contributed by atoms with Crippen LogP contribution in [0.3, 0.4) is 0 Å². The van der Waals surface area contributed by atoms with Crippen LogP contribution in [0.1, 0.15) is 12.5 Å². The summed E-state index contributed by atoms with van der Waals surface area (Å²) in [7, 11) is -3.30. The molecular weight excluding hydrogens is 288 g/mol. The molecule has 0 atom stereocenters. The fraction of sp³-hybridized carbons (Fsp3) is 0.545. The second-order valence-corrected chi connectivity index (χ2v) is 6.68. The molecule has 0 aliphatic carbocycles. The number of nitrogens with zero attached hydrogens (tertiary/aromatic N) is 2. The minimum atomic E-state index is -3.30. The molecule has 20 heavy (non-hydrogen) atoms. The average molecular weight is 304 g/mol. The largest absolute Gasteiger partial charge is 0.444 e. The predicted octanol–water partition coefficient (Wildman–Crippen LogP) is -1.12. The summed E-state index contributed by atoms with van der Waals surface area (Å²) in [6.07, 6.45) is 2.29. The first kappa shape index (κ1) is 16.2. The molecular formula is C11H16N2O6S. The quantitative estimate of drug-likeness (QED) is 0.638. The minimum Gasteiger partial charge on any atom is -0.444 e. The van der Waals surface area contributed by atoms with Gasteiger partial charge in [0.2, 0.25) is 0 Å². The predicted molar refractivity (Wildman–Crippen MR) is 71.2 cm³/mol. The topological polar surface area (TPSA) is 104 Å². The van der Waals surface area contributed by atoms with E-state index in [1.165, 1.54) is 20.0 Å². The van der Waals surface area contributed by atoms with Crippen LogP contribution < -0.4 is 11.2 Å². The number of aryl methyl sites for hydroxylation is 1. The maximum Gasteiger partial charge on any atom is 0.333 e. The first-order chi connectivity index (χ1) is 9.11. The fourth-order valence-electron chi connectivity index (χ4n) is 1.51. The van der Waals surface area contributed by atoms with E-state index in [1.54, 1.807) is 0 Å². The second-order valence-electron chi connectivity index (χ2n) is 4.42. The van der Waals surface area contributed by atoms with Crippen molar-refractivity contribution >= 4 is 15.8 Å². The lowest BCUT2D eigenvalue weighted by molar-refractivity contribution is -0.144. The Morgan fingerprint density at radius 3 is 2.45 bits per heavy atom. The molecule has 0 bridgehead atoms. The van der Waals surface area contributed by atoms with E-state index in [0.29, 0.717) is 0 Å². The van der Waals surface area contributed by atoms with Crippen molar-refractivity contribution in [2.24, 2.45) is 0 Å². The van der Waals surface area contributed by atoms with Crippen molar-refractivity contribution in [3.8, 4) is 0 Å². The Morgan fingerprint density at radius 2 is 1.95 bits per heavy atom. The van der Waals surface area contributed by atoms with Gasteiger partial charge in [0.25, 0.3) is 5.56 Å². The van der Waals surface area contributed by atoms with Crippen LogP contribution in [0.2, 0.25) is 0 Å². The van der Waals surface area contributed by atoms with Crippen LogP contribution in [0.5, 0.6) is 0 Å². The van der Waals surface area contributed by atoms with Gasteiger partial charge in [-0.3, -0.25) is 18.7 Å². The Bertz CT molecular complexity index is 728. The van der Waals surface area contributed by atoms with E-state index in [4.69, 9.17) is 4.74 Å². The van der Waals surface area contributed by atoms with Crippen LogP contribution in [0.4, 0.5) is 0 Å². The molecule has 0 fully saturated rings. The van der Waals surface area contributed by atoms with Crippen molar-refractivity contribution in [1.29, 1.82) is 0 Å². The first-order valence-electron chi connectivity index (χ1n) is 5.74. The Balaban J connectivity index is 3.19. The first-order valence-corrected chi connectivity index (χ1v) is 7.80. The Morgan fingerprint density at radius 1 is 1.35 bits per heavy atom. The maximum absolute atomic E-state index is 12.0. The molecule has 0 radical (unpaired) electrons. The normalized spacial score (nSPS) is 11.3. The van der Waals surface area contributed by atoms with Crippen molar-refractivity contribution in [3.05, 3.63) is 32.6 Å². The Hall–Kier alpha value is -1.90. The molecule has 0 aliphatic heterocycles. The molecule has 8 nitrogen and oxygen atoms in total. The number of aromatic nitrogens is 2. The van der Waals surface area contributed by atoms with Crippen molar-refractivity contribution in [2.75, 3.05) is 12.0 Å². The van der Waals surface area contributed by atoms with E-state index < -0.39 is 27.1 Å². The molecule has 0 amide bonds. The number of hydrogen-bond donors (Lipinski definition) is 0. The fourth-order valence-corrected chi connectivity index (χ4v) is 2.02. The summed E-state index contributed by atoms with van der Waals surface area (Å²) in [5.41, 5.74) is -1.02. The monoisotopic (exact) mass is 304 g/mol. The van der Waals surface area contributed by atoms with Gasteiger partial charge in [0.05, 0.1) is 5.75 Å². The highest BCUT2D eigenvalue weighted by molar-refractivity contribution is 7.90. The number of carbonyl (C=O) groups excluding carboxylic acids is 1. The van der Waals surface area contributed by atoms with E-state index in [-0.39, 0.29) is 24.6 Å². The van der Waals surface area contributed by atoms with Gasteiger partial charge in [-0.05, 0) is 6.92 Å². The summed E-state index contributed by atoms with van der Waals surface area (Å²) in [6, 6.07) is 0. The highest BCUT2D eigenvalue weighted by Crippen LogP contribution is 1.91. The molecule has 1 aromatic rings. The van der Waals surface area contributed by atoms with Crippen molar-refractivity contribution in [1.82, 2.24) is 9.13 Å². The third-order valence-electron chi connectivity index (χ3n) is 2.50. The van der Waals surface area contributed by atoms with Crippen LogP contribution in [-0.4, -0.2) is 35.5 Å². The number of esters is 1. The summed E-state index contributed by atoms with van der Waals surface area (Å²) in [4.78, 5) is 34.6. The standard InChI is InChI=1S/C11H16N2O6S/c1-8-6-12(7-19-9(2)14)11(16)13(10(8)15)4-5-20(3,17)18/h6H,4-5,7H2,1-3H3. The highest BCUT2D eigenvalue weighted by atomic mass is 32.2. The second kappa shape index (κ2) is 6.04. The van der Waals surface area contributed by atoms with E-state index >= 15 is 0 Å². The summed E-state index contributed by atoms with van der Waals surface area (Å²) < 4.78 is 28.8. The van der Waals surface area contributed by atoms with Crippen LogP contribution in [-0.2, 0) is 32.6 Å². The van der Waals surface area contributed by atoms with E-state index in [9.17, 15) is 22.8 Å². The van der Waals surface area contributed by atoms with Gasteiger partial charge in [0.15, 0.2) is 6.73 Å². The molecule has 0 aromatic carbocycles. The van der Waals surface area contributed by atoms with Gasteiger partial charge in [-0.15, -0.1) is 0 Å². The molecule has 112 valence electrons. The lowest BCUT2D eigenvalue weighted by atomic mass is 10.4. The molecule has 0 N–H and O–H groups in total. The van der Waals surface area contributed by atoms with Crippen LogP contribution in [0.25, 0.3) is 0 Å². The Labute approximate surface area is 115 Å². The lowest BCUT2D eigenvalue weighted by Gasteiger charge is -2.11. The molecule has 1 rings (SSSR count). The smallest absolute Gasteiger partial charge is 0.333 e. The summed E-state index contributed by atoms with van der Waals surface area (Å²) in [5, 5.41) is 0. The van der Waals surface area contributed by atoms with Gasteiger partial charge >= 0.3 is 11.7 Å². The number of ether oxygens (including phenoxy) is 1. The molecule has 1 heterocycles. The van der Waals surface area contributed by atoms with Gasteiger partial charge in [-0.2, -0.15) is 0 Å². The molecule has 0 saturated carbocycles. The van der Waals surface area contributed by atoms with Crippen LogP contribution >= 0.6 is 0 Å². The molecule has 0 aliphatic rings. The zero-order valence-electron chi connectivity index (χ0n) is 11.5. The third-order valence-corrected chi connectivity index (χ3v) is 3.43. The molecule has 0 unspecified atom stereocenters. The minimum absolute atomic E-state index is 0.238. The number of rotatable bonds is 5. The maximum atomic E-state index is 12.0. The summed E-state index contributed by atoms with van der Waals surface area (Å²) in [6.45, 7) is 2.12.